The van der Waals surface area contributed by atoms with Crippen molar-refractivity contribution in [3.63, 3.8) is 0 Å². The third kappa shape index (κ3) is 16.1. The first-order valence-electron chi connectivity index (χ1n) is 6.51. The fraction of sp³-hybridized carbons (Fsp3) is 0.412. The van der Waals surface area contributed by atoms with E-state index in [0.717, 1.165) is 18.4 Å². The summed E-state index contributed by atoms with van der Waals surface area (Å²) in [7, 11) is -0.239. The molecule has 1 rings (SSSR count). The monoisotopic (exact) mass is 550 g/mol. The summed E-state index contributed by atoms with van der Waals surface area (Å²) in [5.74, 6) is 1.96. The van der Waals surface area contributed by atoms with E-state index < -0.39 is 0 Å². The van der Waals surface area contributed by atoms with E-state index in [-0.39, 0.29) is 34.6 Å². The van der Waals surface area contributed by atoms with E-state index in [0.29, 0.717) is 6.61 Å². The van der Waals surface area contributed by atoms with Gasteiger partial charge in [0.1, 0.15) is 0 Å². The van der Waals surface area contributed by atoms with Crippen LogP contribution >= 0.6 is 7.53 Å². The summed E-state index contributed by atoms with van der Waals surface area (Å²) in [6.45, 7) is 31.3. The van der Waals surface area contributed by atoms with Gasteiger partial charge in [0.25, 0.3) is 0 Å². The zero-order chi connectivity index (χ0) is 21.4. The molecule has 1 aromatic heterocycles. The number of hydrogen-bond donors (Lipinski definition) is 0. The summed E-state index contributed by atoms with van der Waals surface area (Å²) in [6, 6.07) is 0. The molecule has 26 heavy (non-hydrogen) atoms. The molecule has 0 aliphatic rings. The number of esters is 1. The molecule has 0 spiro atoms. The molecule has 1 unspecified atom stereocenters. The van der Waals surface area contributed by atoms with Crippen LogP contribution in [-0.2, 0) is 68.6 Å². The first-order valence-corrected chi connectivity index (χ1v) is 8.37. The smallest absolute Gasteiger partial charge is 0 e. The van der Waals surface area contributed by atoms with Crippen LogP contribution in [0.2, 0.25) is 0 Å². The Balaban J connectivity index is -0.0000000786. The standard InChI is InChI=1S/C12H19O2P.5CO.W/c1-5-9-10(12(13)14-7-3)8-15(4)11(9)6-2;5*1-2;/h8H,5-7H2,1-4H3;;;;;;. The Hall–Kier alpha value is -1.36. The Morgan fingerprint density at radius 2 is 1.31 bits per heavy atom. The van der Waals surface area contributed by atoms with Crippen LogP contribution in [0.4, 0.5) is 0 Å². The van der Waals surface area contributed by atoms with E-state index in [1.54, 1.807) is 0 Å². The van der Waals surface area contributed by atoms with E-state index in [4.69, 9.17) is 28.0 Å². The van der Waals surface area contributed by atoms with E-state index in [1.807, 2.05) is 6.92 Å². The molecule has 0 fully saturated rings. The van der Waals surface area contributed by atoms with Gasteiger partial charge in [0, 0.05) is 21.1 Å². The molecule has 0 amide bonds. The van der Waals surface area contributed by atoms with Crippen molar-refractivity contribution in [2.45, 2.75) is 33.6 Å². The fourth-order valence-electron chi connectivity index (χ4n) is 1.96. The predicted molar refractivity (Wildman–Crippen MR) is 84.5 cm³/mol. The maximum Gasteiger partial charge on any atom is 0 e. The van der Waals surface area contributed by atoms with Crippen LogP contribution in [-0.4, -0.2) is 12.6 Å². The molecule has 0 aliphatic carbocycles. The van der Waals surface area contributed by atoms with Gasteiger partial charge in [-0.3, -0.25) is 0 Å². The Kier molecular flexibility index (Phi) is 53.2. The molecule has 0 aromatic carbocycles. The molecule has 0 radical (unpaired) electrons. The quantitative estimate of drug-likeness (QED) is 0.324. The number of carbonyl (C=O) groups excluding carboxylic acids is 1. The Morgan fingerprint density at radius 1 is 0.923 bits per heavy atom. The predicted octanol–water partition coefficient (Wildman–Crippen LogP) is 3.32. The minimum atomic E-state index is -0.239. The van der Waals surface area contributed by atoms with Gasteiger partial charge < -0.3 is 4.74 Å². The Labute approximate surface area is 169 Å². The molecule has 7 nitrogen and oxygen atoms in total. The van der Waals surface area contributed by atoms with E-state index in [2.05, 4.69) is 59.6 Å². The number of hydrogen-bond acceptors (Lipinski definition) is 2. The number of ether oxygens (including phenoxy) is 1. The average molecular weight is 550 g/mol. The molecule has 140 valence electrons. The van der Waals surface area contributed by atoms with Crippen LogP contribution in [0.25, 0.3) is 0 Å². The van der Waals surface area contributed by atoms with Crippen LogP contribution in [0.5, 0.6) is 0 Å². The van der Waals surface area contributed by atoms with Crippen molar-refractivity contribution < 1.29 is 53.9 Å². The molecule has 0 saturated heterocycles. The van der Waals surface area contributed by atoms with E-state index in [9.17, 15) is 4.79 Å². The maximum atomic E-state index is 11.7. The maximum absolute atomic E-state index is 11.7. The minimum absolute atomic E-state index is 0. The fourth-order valence-corrected chi connectivity index (χ4v) is 3.97. The zero-order valence-electron chi connectivity index (χ0n) is 14.9. The van der Waals surface area contributed by atoms with Crippen molar-refractivity contribution in [1.82, 2.24) is 0 Å². The van der Waals surface area contributed by atoms with Crippen molar-refractivity contribution >= 4 is 13.5 Å². The third-order valence-electron chi connectivity index (χ3n) is 2.61. The zero-order valence-corrected chi connectivity index (χ0v) is 18.7. The van der Waals surface area contributed by atoms with Crippen LogP contribution in [0.1, 0.15) is 42.0 Å². The van der Waals surface area contributed by atoms with Gasteiger partial charge in [-0.1, -0.05) is 13.8 Å². The van der Waals surface area contributed by atoms with Crippen molar-refractivity contribution in [1.29, 1.82) is 0 Å². The second-order valence-electron chi connectivity index (χ2n) is 3.51. The molecule has 1 heterocycles. The van der Waals surface area contributed by atoms with Gasteiger partial charge in [0.2, 0.25) is 0 Å². The average Bonchev–Trinajstić information content (AvgIpc) is 3.05. The van der Waals surface area contributed by atoms with Gasteiger partial charge >= 0.3 is 62.5 Å². The van der Waals surface area contributed by atoms with Gasteiger partial charge in [-0.05, 0) is 43.1 Å². The van der Waals surface area contributed by atoms with Crippen molar-refractivity contribution in [2.75, 3.05) is 6.61 Å². The topological polar surface area (TPSA) is 126 Å². The van der Waals surface area contributed by atoms with Gasteiger partial charge in [-0.25, -0.2) is 4.79 Å². The van der Waals surface area contributed by atoms with Crippen LogP contribution in [0, 0.1) is 33.3 Å². The van der Waals surface area contributed by atoms with Crippen molar-refractivity contribution in [3.8, 4) is 0 Å². The van der Waals surface area contributed by atoms with E-state index in [1.165, 1.54) is 10.9 Å². The number of rotatable bonds is 4. The molecular formula is C17H19O7PW. The van der Waals surface area contributed by atoms with Crippen molar-refractivity contribution in [3.05, 3.63) is 55.5 Å². The molecule has 0 aliphatic heterocycles. The Bertz CT molecular complexity index is 519. The van der Waals surface area contributed by atoms with Crippen LogP contribution in [0.15, 0.2) is 5.80 Å². The molecule has 0 bridgehead atoms. The minimum Gasteiger partial charge on any atom is 0 e. The third-order valence-corrected chi connectivity index (χ3v) is 4.69. The largest absolute Gasteiger partial charge is 0 e. The van der Waals surface area contributed by atoms with Gasteiger partial charge in [-0.15, -0.1) is 7.53 Å². The summed E-state index contributed by atoms with van der Waals surface area (Å²) in [6.07, 6.45) is 1.98. The second-order valence-corrected chi connectivity index (χ2v) is 5.53. The van der Waals surface area contributed by atoms with Crippen molar-refractivity contribution in [2.24, 2.45) is 6.66 Å². The summed E-state index contributed by atoms with van der Waals surface area (Å²) in [5.41, 5.74) is 2.05. The van der Waals surface area contributed by atoms with E-state index >= 15 is 0 Å². The summed E-state index contributed by atoms with van der Waals surface area (Å²) >= 11 is 0. The summed E-state index contributed by atoms with van der Waals surface area (Å²) < 4.78 is 42.6. The number of carbonyl (C=O) groups is 1. The van der Waals surface area contributed by atoms with Crippen LogP contribution in [0.3, 0.4) is 0 Å². The van der Waals surface area contributed by atoms with Crippen LogP contribution < -0.4 is 0 Å². The molecular weight excluding hydrogens is 531 g/mol. The van der Waals surface area contributed by atoms with Gasteiger partial charge in [0.15, 0.2) is 0 Å². The normalized spacial score (nSPS) is 7.08. The molecule has 0 saturated carbocycles. The molecule has 1 atom stereocenters. The summed E-state index contributed by atoms with van der Waals surface area (Å²) in [5, 5.41) is 1.45. The Morgan fingerprint density at radius 3 is 1.58 bits per heavy atom. The summed E-state index contributed by atoms with van der Waals surface area (Å²) in [4.78, 5) is 11.7. The number of aryl methyl sites for hydroxylation is 1. The second kappa shape index (κ2) is 34.9. The first-order chi connectivity index (χ1) is 12.2. The molecule has 1 aromatic rings. The molecule has 0 N–H and O–H groups in total. The molecule has 9 heteroatoms. The first kappa shape index (κ1) is 39.6. The van der Waals surface area contributed by atoms with Gasteiger partial charge in [0.05, 0.1) is 12.2 Å². The van der Waals surface area contributed by atoms with Gasteiger partial charge in [-0.2, -0.15) is 0 Å². The SMILES string of the molecule is CCOC(=O)c1cp(C)c(CC)c1CC.[C-]#[O+].[C-]#[O+].[C-]#[O+].[C-]#[O+].[C-]#[O+].[W].